The van der Waals surface area contributed by atoms with Crippen LogP contribution in [-0.2, 0) is 17.8 Å². The summed E-state index contributed by atoms with van der Waals surface area (Å²) in [4.78, 5) is 26.2. The summed E-state index contributed by atoms with van der Waals surface area (Å²) in [7, 11) is 0. The average molecular weight is 326 g/mol. The van der Waals surface area contributed by atoms with Gasteiger partial charge in [0.25, 0.3) is 5.91 Å². The summed E-state index contributed by atoms with van der Waals surface area (Å²) >= 11 is 0. The number of benzene rings is 1. The third kappa shape index (κ3) is 3.82. The van der Waals surface area contributed by atoms with Crippen LogP contribution in [0, 0.1) is 0 Å². The van der Waals surface area contributed by atoms with Crippen LogP contribution in [0.3, 0.4) is 0 Å². The molecule has 2 heterocycles. The van der Waals surface area contributed by atoms with Crippen LogP contribution in [0.15, 0.2) is 42.7 Å². The molecule has 2 amide bonds. The van der Waals surface area contributed by atoms with Gasteiger partial charge in [0.15, 0.2) is 0 Å². The highest BCUT2D eigenvalue weighted by molar-refractivity contribution is 5.94. The molecule has 1 aromatic heterocycles. The second-order valence-corrected chi connectivity index (χ2v) is 6.03. The zero-order valence-corrected chi connectivity index (χ0v) is 13.8. The number of aromatic nitrogens is 2. The van der Waals surface area contributed by atoms with E-state index in [1.165, 1.54) is 5.56 Å². The summed E-state index contributed by atoms with van der Waals surface area (Å²) in [5.74, 6) is -0.0714. The van der Waals surface area contributed by atoms with Crippen LogP contribution in [0.4, 0.5) is 0 Å². The van der Waals surface area contributed by atoms with Gasteiger partial charge in [-0.25, -0.2) is 0 Å². The second-order valence-electron chi connectivity index (χ2n) is 6.03. The van der Waals surface area contributed by atoms with Gasteiger partial charge in [0.1, 0.15) is 0 Å². The molecule has 2 aromatic rings. The number of nitrogens with one attached hydrogen (secondary N) is 1. The molecule has 6 nitrogen and oxygen atoms in total. The highest BCUT2D eigenvalue weighted by Gasteiger charge is 2.30. The Morgan fingerprint density at radius 3 is 2.83 bits per heavy atom. The molecule has 1 unspecified atom stereocenters. The van der Waals surface area contributed by atoms with E-state index in [9.17, 15) is 9.59 Å². The fourth-order valence-electron chi connectivity index (χ4n) is 2.92. The Morgan fingerprint density at radius 2 is 2.12 bits per heavy atom. The summed E-state index contributed by atoms with van der Waals surface area (Å²) in [5, 5.41) is 7.04. The van der Waals surface area contributed by atoms with E-state index >= 15 is 0 Å². The van der Waals surface area contributed by atoms with Crippen molar-refractivity contribution in [2.75, 3.05) is 13.1 Å². The van der Waals surface area contributed by atoms with E-state index in [0.717, 1.165) is 13.0 Å². The van der Waals surface area contributed by atoms with Crippen LogP contribution in [-0.4, -0.2) is 45.6 Å². The molecule has 3 rings (SSSR count). The van der Waals surface area contributed by atoms with Crippen molar-refractivity contribution in [1.29, 1.82) is 0 Å². The van der Waals surface area contributed by atoms with Crippen LogP contribution in [0.25, 0.3) is 0 Å². The molecule has 1 N–H and O–H groups in total. The first-order chi connectivity index (χ1) is 11.7. The lowest BCUT2D eigenvalue weighted by atomic mass is 10.1. The number of hydrogen-bond donors (Lipinski definition) is 1. The van der Waals surface area contributed by atoms with E-state index in [0.29, 0.717) is 25.1 Å². The predicted octanol–water partition coefficient (Wildman–Crippen LogP) is 1.48. The third-order valence-corrected chi connectivity index (χ3v) is 4.28. The zero-order valence-electron chi connectivity index (χ0n) is 13.8. The largest absolute Gasteiger partial charge is 0.347 e. The number of nitrogens with zero attached hydrogens (tertiary/aromatic N) is 3. The van der Waals surface area contributed by atoms with Crippen molar-refractivity contribution in [2.45, 2.75) is 32.4 Å². The fraction of sp³-hybridized carbons (Fsp3) is 0.389. The normalized spacial score (nSPS) is 17.3. The van der Waals surface area contributed by atoms with Gasteiger partial charge in [-0.05, 0) is 18.9 Å². The monoisotopic (exact) mass is 326 g/mol. The molecule has 1 aliphatic rings. The van der Waals surface area contributed by atoms with E-state index in [1.807, 2.05) is 30.0 Å². The smallest absolute Gasteiger partial charge is 0.254 e. The van der Waals surface area contributed by atoms with Gasteiger partial charge in [-0.15, -0.1) is 0 Å². The van der Waals surface area contributed by atoms with Gasteiger partial charge in [-0.3, -0.25) is 14.3 Å². The molecule has 1 aliphatic heterocycles. The summed E-state index contributed by atoms with van der Waals surface area (Å²) in [6.07, 6.45) is 4.47. The van der Waals surface area contributed by atoms with Crippen LogP contribution < -0.4 is 5.32 Å². The Labute approximate surface area is 141 Å². The molecule has 0 spiro atoms. The first-order valence-electron chi connectivity index (χ1n) is 8.30. The maximum Gasteiger partial charge on any atom is 0.254 e. The van der Waals surface area contributed by atoms with Gasteiger partial charge >= 0.3 is 0 Å². The quantitative estimate of drug-likeness (QED) is 0.874. The minimum atomic E-state index is -0.169. The number of carbonyl (C=O) groups excluding carboxylic acids is 2. The molecular formula is C18H22N4O2. The van der Waals surface area contributed by atoms with Gasteiger partial charge in [0.2, 0.25) is 5.91 Å². The van der Waals surface area contributed by atoms with E-state index < -0.39 is 0 Å². The van der Waals surface area contributed by atoms with Crippen molar-refractivity contribution in [3.8, 4) is 0 Å². The summed E-state index contributed by atoms with van der Waals surface area (Å²) in [6, 6.07) is 9.97. The third-order valence-electron chi connectivity index (χ3n) is 4.28. The molecule has 0 saturated carbocycles. The Bertz CT molecular complexity index is 711. The minimum absolute atomic E-state index is 0.0977. The first kappa shape index (κ1) is 16.2. The van der Waals surface area contributed by atoms with Crippen LogP contribution in [0.2, 0.25) is 0 Å². The fourth-order valence-corrected chi connectivity index (χ4v) is 2.92. The summed E-state index contributed by atoms with van der Waals surface area (Å²) < 4.78 is 1.71. The average Bonchev–Trinajstić information content (AvgIpc) is 3.20. The Hall–Kier alpha value is -2.63. The summed E-state index contributed by atoms with van der Waals surface area (Å²) in [6.45, 7) is 3.94. The van der Waals surface area contributed by atoms with Crippen molar-refractivity contribution in [1.82, 2.24) is 20.0 Å². The van der Waals surface area contributed by atoms with Crippen LogP contribution >= 0.6 is 0 Å². The highest BCUT2D eigenvalue weighted by Crippen LogP contribution is 2.13. The zero-order chi connectivity index (χ0) is 16.9. The molecule has 1 atom stereocenters. The van der Waals surface area contributed by atoms with Crippen LogP contribution in [0.1, 0.15) is 29.3 Å². The molecule has 0 aliphatic carbocycles. The van der Waals surface area contributed by atoms with Gasteiger partial charge in [-0.1, -0.05) is 30.3 Å². The van der Waals surface area contributed by atoms with Gasteiger partial charge in [0, 0.05) is 32.3 Å². The molecule has 6 heteroatoms. The molecule has 0 radical (unpaired) electrons. The molecule has 1 fully saturated rings. The predicted molar refractivity (Wildman–Crippen MR) is 90.5 cm³/mol. The Morgan fingerprint density at radius 1 is 1.33 bits per heavy atom. The van der Waals surface area contributed by atoms with Gasteiger partial charge < -0.3 is 10.2 Å². The van der Waals surface area contributed by atoms with Crippen molar-refractivity contribution in [3.05, 3.63) is 53.9 Å². The lowest BCUT2D eigenvalue weighted by molar-refractivity contribution is -0.127. The van der Waals surface area contributed by atoms with Crippen LogP contribution in [0.5, 0.6) is 0 Å². The maximum absolute atomic E-state index is 12.2. The first-order valence-corrected chi connectivity index (χ1v) is 8.30. The Balaban J connectivity index is 1.51. The lowest BCUT2D eigenvalue weighted by Crippen LogP contribution is -2.37. The standard InChI is InChI=1S/C18H22N4O2/c1-2-22-12-15(11-19-22)18(24)20-16-10-17(23)21(13-16)9-8-14-6-4-3-5-7-14/h3-7,11-12,16H,2,8-10,13H2,1H3,(H,20,24). The van der Waals surface area contributed by atoms with Crippen molar-refractivity contribution in [2.24, 2.45) is 0 Å². The number of aryl methyl sites for hydroxylation is 1. The molecule has 1 saturated heterocycles. The number of carbonyl (C=O) groups is 2. The lowest BCUT2D eigenvalue weighted by Gasteiger charge is -2.17. The van der Waals surface area contributed by atoms with Crippen molar-refractivity contribution < 1.29 is 9.59 Å². The molecule has 0 bridgehead atoms. The van der Waals surface area contributed by atoms with Gasteiger partial charge in [-0.2, -0.15) is 5.10 Å². The van der Waals surface area contributed by atoms with E-state index in [4.69, 9.17) is 0 Å². The second kappa shape index (κ2) is 7.29. The number of rotatable bonds is 6. The molecular weight excluding hydrogens is 304 g/mol. The number of amides is 2. The Kier molecular flexibility index (Phi) is 4.93. The van der Waals surface area contributed by atoms with E-state index in [-0.39, 0.29) is 17.9 Å². The molecule has 24 heavy (non-hydrogen) atoms. The SMILES string of the molecule is CCn1cc(C(=O)NC2CC(=O)N(CCc3ccccc3)C2)cn1. The number of likely N-dealkylation sites (tertiary alicyclic amines) is 1. The number of hydrogen-bond acceptors (Lipinski definition) is 3. The molecule has 126 valence electrons. The van der Waals surface area contributed by atoms with E-state index in [2.05, 4.69) is 22.5 Å². The minimum Gasteiger partial charge on any atom is -0.347 e. The highest BCUT2D eigenvalue weighted by atomic mass is 16.2. The van der Waals surface area contributed by atoms with Gasteiger partial charge in [0.05, 0.1) is 17.8 Å². The summed E-state index contributed by atoms with van der Waals surface area (Å²) in [5.41, 5.74) is 1.75. The maximum atomic E-state index is 12.2. The molecule has 1 aromatic carbocycles. The topological polar surface area (TPSA) is 67.2 Å². The van der Waals surface area contributed by atoms with Crippen molar-refractivity contribution >= 4 is 11.8 Å². The van der Waals surface area contributed by atoms with E-state index in [1.54, 1.807) is 17.1 Å². The van der Waals surface area contributed by atoms with Crippen molar-refractivity contribution in [3.63, 3.8) is 0 Å².